The summed E-state index contributed by atoms with van der Waals surface area (Å²) in [6.45, 7) is 3.74. The van der Waals surface area contributed by atoms with Crippen LogP contribution in [0.3, 0.4) is 0 Å². The summed E-state index contributed by atoms with van der Waals surface area (Å²) >= 11 is 1.37. The molecule has 0 unspecified atom stereocenters. The molecule has 0 saturated heterocycles. The Balaban J connectivity index is 2.07. The van der Waals surface area contributed by atoms with Gasteiger partial charge in [-0.25, -0.2) is 9.37 Å². The number of aryl methyl sites for hydroxylation is 2. The predicted octanol–water partition coefficient (Wildman–Crippen LogP) is 3.31. The van der Waals surface area contributed by atoms with Crippen molar-refractivity contribution in [1.29, 1.82) is 0 Å². The van der Waals surface area contributed by atoms with Crippen molar-refractivity contribution in [3.8, 4) is 0 Å². The Morgan fingerprint density at radius 1 is 1.41 bits per heavy atom. The number of nitrogen functional groups attached to an aromatic ring is 1. The third-order valence-corrected chi connectivity index (χ3v) is 3.31. The van der Waals surface area contributed by atoms with Crippen LogP contribution >= 0.6 is 11.8 Å². The molecule has 1 aromatic carbocycles. The lowest BCUT2D eigenvalue weighted by Crippen LogP contribution is -1.91. The zero-order valence-corrected chi connectivity index (χ0v) is 10.5. The SMILES string of the molecule is Cc1nc(SCc2ccc(N)cc2F)oc1C. The fourth-order valence-corrected chi connectivity index (χ4v) is 2.22. The lowest BCUT2D eigenvalue weighted by atomic mass is 10.2. The number of aromatic nitrogens is 1. The number of oxazole rings is 1. The van der Waals surface area contributed by atoms with E-state index in [1.807, 2.05) is 13.8 Å². The highest BCUT2D eigenvalue weighted by molar-refractivity contribution is 7.98. The van der Waals surface area contributed by atoms with Gasteiger partial charge in [0.2, 0.25) is 0 Å². The van der Waals surface area contributed by atoms with Crippen molar-refractivity contribution >= 4 is 17.4 Å². The molecule has 1 heterocycles. The van der Waals surface area contributed by atoms with Crippen molar-refractivity contribution in [3.63, 3.8) is 0 Å². The number of hydrogen-bond donors (Lipinski definition) is 1. The van der Waals surface area contributed by atoms with Crippen LogP contribution in [-0.2, 0) is 5.75 Å². The van der Waals surface area contributed by atoms with E-state index in [9.17, 15) is 4.39 Å². The Bertz CT molecular complexity index is 520. The molecule has 90 valence electrons. The smallest absolute Gasteiger partial charge is 0.256 e. The van der Waals surface area contributed by atoms with E-state index >= 15 is 0 Å². The number of thioether (sulfide) groups is 1. The Morgan fingerprint density at radius 2 is 2.18 bits per heavy atom. The average Bonchev–Trinajstić information content (AvgIpc) is 2.57. The molecule has 2 N–H and O–H groups in total. The highest BCUT2D eigenvalue weighted by atomic mass is 32.2. The van der Waals surface area contributed by atoms with E-state index in [1.54, 1.807) is 12.1 Å². The van der Waals surface area contributed by atoms with Gasteiger partial charge >= 0.3 is 0 Å². The molecule has 0 spiro atoms. The van der Waals surface area contributed by atoms with Crippen LogP contribution in [0.1, 0.15) is 17.0 Å². The van der Waals surface area contributed by atoms with Crippen molar-refractivity contribution in [2.24, 2.45) is 0 Å². The third kappa shape index (κ3) is 2.79. The summed E-state index contributed by atoms with van der Waals surface area (Å²) in [4.78, 5) is 4.22. The van der Waals surface area contributed by atoms with Crippen LogP contribution in [0.4, 0.5) is 10.1 Å². The fraction of sp³-hybridized carbons (Fsp3) is 0.250. The summed E-state index contributed by atoms with van der Waals surface area (Å²) in [5.74, 6) is 0.980. The first-order valence-electron chi connectivity index (χ1n) is 5.17. The maximum atomic E-state index is 13.5. The topological polar surface area (TPSA) is 52.0 Å². The first kappa shape index (κ1) is 12.0. The average molecular weight is 252 g/mol. The maximum Gasteiger partial charge on any atom is 0.256 e. The summed E-state index contributed by atoms with van der Waals surface area (Å²) in [5.41, 5.74) is 7.37. The van der Waals surface area contributed by atoms with Gasteiger partial charge in [-0.2, -0.15) is 0 Å². The molecule has 0 atom stereocenters. The summed E-state index contributed by atoms with van der Waals surface area (Å²) in [6.07, 6.45) is 0. The molecule has 0 radical (unpaired) electrons. The number of nitrogens with two attached hydrogens (primary N) is 1. The van der Waals surface area contributed by atoms with E-state index < -0.39 is 0 Å². The van der Waals surface area contributed by atoms with Gasteiger partial charge in [0.05, 0.1) is 5.69 Å². The van der Waals surface area contributed by atoms with Gasteiger partial charge in [0, 0.05) is 11.4 Å². The molecule has 0 fully saturated rings. The van der Waals surface area contributed by atoms with Gasteiger partial charge in [-0.1, -0.05) is 17.8 Å². The molecule has 0 aliphatic heterocycles. The van der Waals surface area contributed by atoms with Crippen molar-refractivity contribution in [3.05, 3.63) is 41.0 Å². The van der Waals surface area contributed by atoms with Crippen LogP contribution in [0.2, 0.25) is 0 Å². The van der Waals surface area contributed by atoms with E-state index in [4.69, 9.17) is 10.2 Å². The molecule has 0 aliphatic rings. The highest BCUT2D eigenvalue weighted by Crippen LogP contribution is 2.25. The van der Waals surface area contributed by atoms with Crippen LogP contribution in [0, 0.1) is 19.7 Å². The number of benzene rings is 1. The molecule has 5 heteroatoms. The molecular formula is C12H13FN2OS. The minimum absolute atomic E-state index is 0.294. The molecule has 2 aromatic rings. The fourth-order valence-electron chi connectivity index (χ4n) is 1.33. The molecule has 0 saturated carbocycles. The van der Waals surface area contributed by atoms with E-state index in [-0.39, 0.29) is 5.82 Å². The second-order valence-corrected chi connectivity index (χ2v) is 4.69. The van der Waals surface area contributed by atoms with Crippen LogP contribution in [0.25, 0.3) is 0 Å². The minimum atomic E-state index is -0.294. The molecule has 0 aliphatic carbocycles. The molecule has 1 aromatic heterocycles. The van der Waals surface area contributed by atoms with E-state index in [0.717, 1.165) is 11.5 Å². The van der Waals surface area contributed by atoms with Crippen molar-refractivity contribution < 1.29 is 8.81 Å². The van der Waals surface area contributed by atoms with Gasteiger partial charge in [-0.3, -0.25) is 0 Å². The van der Waals surface area contributed by atoms with Gasteiger partial charge in [0.15, 0.2) is 0 Å². The summed E-state index contributed by atoms with van der Waals surface area (Å²) in [6, 6.07) is 4.69. The summed E-state index contributed by atoms with van der Waals surface area (Å²) in [5, 5.41) is 0.566. The summed E-state index contributed by atoms with van der Waals surface area (Å²) in [7, 11) is 0. The monoisotopic (exact) mass is 252 g/mol. The number of halogens is 1. The number of nitrogens with zero attached hydrogens (tertiary/aromatic N) is 1. The lowest BCUT2D eigenvalue weighted by molar-refractivity contribution is 0.431. The van der Waals surface area contributed by atoms with Gasteiger partial charge in [-0.15, -0.1) is 0 Å². The van der Waals surface area contributed by atoms with Gasteiger partial charge < -0.3 is 10.2 Å². The number of anilines is 1. The zero-order valence-electron chi connectivity index (χ0n) is 9.66. The minimum Gasteiger partial charge on any atom is -0.437 e. The normalized spacial score (nSPS) is 10.8. The quantitative estimate of drug-likeness (QED) is 0.672. The van der Waals surface area contributed by atoms with Gasteiger partial charge in [0.25, 0.3) is 5.22 Å². The van der Waals surface area contributed by atoms with Crippen LogP contribution in [0.15, 0.2) is 27.8 Å². The van der Waals surface area contributed by atoms with Crippen LogP contribution < -0.4 is 5.73 Å². The Morgan fingerprint density at radius 3 is 2.76 bits per heavy atom. The second-order valence-electron chi connectivity index (χ2n) is 3.76. The maximum absolute atomic E-state index is 13.5. The molecule has 17 heavy (non-hydrogen) atoms. The van der Waals surface area contributed by atoms with Crippen LogP contribution in [0.5, 0.6) is 0 Å². The summed E-state index contributed by atoms with van der Waals surface area (Å²) < 4.78 is 18.9. The highest BCUT2D eigenvalue weighted by Gasteiger charge is 2.08. The molecule has 0 bridgehead atoms. The lowest BCUT2D eigenvalue weighted by Gasteiger charge is -2.01. The van der Waals surface area contributed by atoms with Gasteiger partial charge in [-0.05, 0) is 31.5 Å². The largest absolute Gasteiger partial charge is 0.437 e. The molecule has 0 amide bonds. The third-order valence-electron chi connectivity index (χ3n) is 2.44. The Kier molecular flexibility index (Phi) is 3.38. The zero-order chi connectivity index (χ0) is 12.4. The number of rotatable bonds is 3. The Labute approximate surface area is 103 Å². The number of hydrogen-bond acceptors (Lipinski definition) is 4. The van der Waals surface area contributed by atoms with E-state index in [0.29, 0.717) is 22.2 Å². The first-order valence-corrected chi connectivity index (χ1v) is 6.15. The Hall–Kier alpha value is -1.49. The predicted molar refractivity (Wildman–Crippen MR) is 66.4 cm³/mol. The molecule has 3 nitrogen and oxygen atoms in total. The molecule has 2 rings (SSSR count). The molecular weight excluding hydrogens is 239 g/mol. The first-order chi connectivity index (χ1) is 8.06. The second kappa shape index (κ2) is 4.79. The van der Waals surface area contributed by atoms with E-state index in [1.165, 1.54) is 17.8 Å². The van der Waals surface area contributed by atoms with Crippen LogP contribution in [-0.4, -0.2) is 4.98 Å². The van der Waals surface area contributed by atoms with Crippen molar-refractivity contribution in [2.75, 3.05) is 5.73 Å². The van der Waals surface area contributed by atoms with Crippen molar-refractivity contribution in [2.45, 2.75) is 24.8 Å². The van der Waals surface area contributed by atoms with Gasteiger partial charge in [0.1, 0.15) is 11.6 Å². The standard InChI is InChI=1S/C12H13FN2OS/c1-7-8(2)16-12(15-7)17-6-9-3-4-10(14)5-11(9)13/h3-5H,6,14H2,1-2H3. The van der Waals surface area contributed by atoms with E-state index in [2.05, 4.69) is 4.98 Å². The van der Waals surface area contributed by atoms with Crippen molar-refractivity contribution in [1.82, 2.24) is 4.98 Å².